The van der Waals surface area contributed by atoms with Crippen LogP contribution in [0.1, 0.15) is 48.3 Å². The molecule has 0 saturated carbocycles. The lowest BCUT2D eigenvalue weighted by Gasteiger charge is -2.09. The van der Waals surface area contributed by atoms with E-state index < -0.39 is 0 Å². The average Bonchev–Trinajstić information content (AvgIpc) is 2.26. The first-order valence-electron chi connectivity index (χ1n) is 5.91. The molecule has 0 radical (unpaired) electrons. The molecule has 0 atom stereocenters. The largest absolute Gasteiger partial charge is 0.294 e. The second-order valence-corrected chi connectivity index (χ2v) is 4.80. The minimum absolute atomic E-state index is 0.0985. The number of Topliss-reactive ketones (excluding diaryl/α,β-unsaturated/α-hetero) is 1. The van der Waals surface area contributed by atoms with E-state index in [4.69, 9.17) is 0 Å². The van der Waals surface area contributed by atoms with Crippen molar-refractivity contribution < 1.29 is 4.79 Å². The highest BCUT2D eigenvalue weighted by molar-refractivity contribution is 6.06. The lowest BCUT2D eigenvalue weighted by Crippen LogP contribution is -1.98. The lowest BCUT2D eigenvalue weighted by molar-refractivity contribution is 0.101. The van der Waals surface area contributed by atoms with Crippen LogP contribution in [0.15, 0.2) is 24.3 Å². The zero-order valence-corrected chi connectivity index (χ0v) is 10.7. The molecule has 0 bridgehead atoms. The molecule has 1 aromatic carbocycles. The molecule has 0 spiro atoms. The highest BCUT2D eigenvalue weighted by Crippen LogP contribution is 2.24. The molecule has 2 nitrogen and oxygen atoms in total. The van der Waals surface area contributed by atoms with E-state index in [1.165, 1.54) is 5.56 Å². The number of pyridine rings is 1. The number of nitrogens with zero attached hydrogens (tertiary/aromatic N) is 1. The average molecular weight is 227 g/mol. The quantitative estimate of drug-likeness (QED) is 0.729. The van der Waals surface area contributed by atoms with Gasteiger partial charge in [-0.05, 0) is 43.5 Å². The first kappa shape index (κ1) is 11.8. The Labute approximate surface area is 102 Å². The van der Waals surface area contributed by atoms with Crippen LogP contribution in [-0.2, 0) is 0 Å². The molecule has 0 amide bonds. The van der Waals surface area contributed by atoms with Gasteiger partial charge >= 0.3 is 0 Å². The molecule has 0 N–H and O–H groups in total. The summed E-state index contributed by atoms with van der Waals surface area (Å²) < 4.78 is 0. The van der Waals surface area contributed by atoms with E-state index in [1.54, 1.807) is 6.92 Å². The molecule has 0 aliphatic rings. The number of fused-ring (bicyclic) bond motifs is 1. The summed E-state index contributed by atoms with van der Waals surface area (Å²) in [5, 5.41) is 0.967. The van der Waals surface area contributed by atoms with Gasteiger partial charge in [-0.2, -0.15) is 0 Å². The van der Waals surface area contributed by atoms with Crippen molar-refractivity contribution in [3.63, 3.8) is 0 Å². The van der Waals surface area contributed by atoms with Gasteiger partial charge in [0, 0.05) is 16.6 Å². The molecule has 2 rings (SSSR count). The summed E-state index contributed by atoms with van der Waals surface area (Å²) in [4.78, 5) is 16.1. The molecule has 2 heteroatoms. The summed E-state index contributed by atoms with van der Waals surface area (Å²) in [5.41, 5.74) is 3.81. The van der Waals surface area contributed by atoms with Gasteiger partial charge in [-0.1, -0.05) is 19.9 Å². The fourth-order valence-electron chi connectivity index (χ4n) is 2.03. The maximum atomic E-state index is 11.7. The third-order valence-electron chi connectivity index (χ3n) is 3.01. The molecule has 0 aliphatic heterocycles. The van der Waals surface area contributed by atoms with Crippen molar-refractivity contribution in [2.24, 2.45) is 0 Å². The van der Waals surface area contributed by atoms with Gasteiger partial charge in [-0.25, -0.2) is 0 Å². The maximum absolute atomic E-state index is 11.7. The predicted octanol–water partition coefficient (Wildman–Crippen LogP) is 3.87. The highest BCUT2D eigenvalue weighted by atomic mass is 16.1. The number of aromatic nitrogens is 1. The summed E-state index contributed by atoms with van der Waals surface area (Å²) >= 11 is 0. The molecule has 0 aliphatic carbocycles. The number of carbonyl (C=O) groups excluding carboxylic acids is 1. The first-order valence-corrected chi connectivity index (χ1v) is 5.91. The number of benzene rings is 1. The van der Waals surface area contributed by atoms with Crippen molar-refractivity contribution in [2.45, 2.75) is 33.6 Å². The fourth-order valence-corrected chi connectivity index (χ4v) is 2.03. The van der Waals surface area contributed by atoms with Crippen molar-refractivity contribution in [3.8, 4) is 0 Å². The zero-order chi connectivity index (χ0) is 12.6. The summed E-state index contributed by atoms with van der Waals surface area (Å²) in [7, 11) is 0. The van der Waals surface area contributed by atoms with Gasteiger partial charge in [-0.15, -0.1) is 0 Å². The Morgan fingerprint density at radius 2 is 1.94 bits per heavy atom. The molecular weight excluding hydrogens is 210 g/mol. The number of ketones is 1. The van der Waals surface area contributed by atoms with Gasteiger partial charge in [0.25, 0.3) is 0 Å². The van der Waals surface area contributed by atoms with Crippen molar-refractivity contribution in [2.75, 3.05) is 0 Å². The lowest BCUT2D eigenvalue weighted by atomic mass is 9.97. The monoisotopic (exact) mass is 227 g/mol. The van der Waals surface area contributed by atoms with Gasteiger partial charge < -0.3 is 0 Å². The van der Waals surface area contributed by atoms with E-state index in [0.717, 1.165) is 22.2 Å². The molecule has 2 aromatic rings. The van der Waals surface area contributed by atoms with Gasteiger partial charge in [0.05, 0.1) is 5.52 Å². The van der Waals surface area contributed by atoms with Gasteiger partial charge in [0.15, 0.2) is 5.78 Å². The molecule has 1 aromatic heterocycles. The standard InChI is InChI=1S/C15H17NO/c1-9(2)12-5-6-15-14(8-12)13(11(4)17)7-10(3)16-15/h5-9H,1-4H3. The molecular formula is C15H17NO. The Bertz CT molecular complexity index is 585. The summed E-state index contributed by atoms with van der Waals surface area (Å²) in [6.45, 7) is 7.82. The van der Waals surface area contributed by atoms with Crippen molar-refractivity contribution in [3.05, 3.63) is 41.1 Å². The third kappa shape index (κ3) is 2.21. The Kier molecular flexibility index (Phi) is 2.97. The van der Waals surface area contributed by atoms with Crippen molar-refractivity contribution in [1.82, 2.24) is 4.98 Å². The predicted molar refractivity (Wildman–Crippen MR) is 70.6 cm³/mol. The summed E-state index contributed by atoms with van der Waals surface area (Å²) in [5.74, 6) is 0.557. The number of rotatable bonds is 2. The van der Waals surface area contributed by atoms with E-state index in [2.05, 4.69) is 31.0 Å². The molecule has 88 valence electrons. The minimum Gasteiger partial charge on any atom is -0.294 e. The summed E-state index contributed by atoms with van der Waals surface area (Å²) in [6.07, 6.45) is 0. The topological polar surface area (TPSA) is 30.0 Å². The maximum Gasteiger partial charge on any atom is 0.160 e. The van der Waals surface area contributed by atoms with E-state index >= 15 is 0 Å². The van der Waals surface area contributed by atoms with Gasteiger partial charge in [0.1, 0.15) is 0 Å². The molecule has 17 heavy (non-hydrogen) atoms. The van der Waals surface area contributed by atoms with Crippen LogP contribution in [0.5, 0.6) is 0 Å². The van der Waals surface area contributed by atoms with Crippen LogP contribution in [0.25, 0.3) is 10.9 Å². The Balaban J connectivity index is 2.78. The van der Waals surface area contributed by atoms with Crippen LogP contribution in [0.3, 0.4) is 0 Å². The number of aryl methyl sites for hydroxylation is 1. The Morgan fingerprint density at radius 1 is 1.24 bits per heavy atom. The second-order valence-electron chi connectivity index (χ2n) is 4.80. The van der Waals surface area contributed by atoms with E-state index in [9.17, 15) is 4.79 Å². The number of hydrogen-bond acceptors (Lipinski definition) is 2. The van der Waals surface area contributed by atoms with Gasteiger partial charge in [0.2, 0.25) is 0 Å². The third-order valence-corrected chi connectivity index (χ3v) is 3.01. The normalized spacial score (nSPS) is 11.1. The molecule has 0 fully saturated rings. The van der Waals surface area contributed by atoms with Crippen LogP contribution in [-0.4, -0.2) is 10.8 Å². The molecule has 0 saturated heterocycles. The SMILES string of the molecule is CC(=O)c1cc(C)nc2ccc(C(C)C)cc12. The Morgan fingerprint density at radius 3 is 2.53 bits per heavy atom. The van der Waals surface area contributed by atoms with Crippen LogP contribution in [0, 0.1) is 6.92 Å². The fraction of sp³-hybridized carbons (Fsp3) is 0.333. The van der Waals surface area contributed by atoms with Crippen LogP contribution in [0.4, 0.5) is 0 Å². The van der Waals surface area contributed by atoms with E-state index in [0.29, 0.717) is 5.92 Å². The van der Waals surface area contributed by atoms with E-state index in [1.807, 2.05) is 19.1 Å². The van der Waals surface area contributed by atoms with Crippen LogP contribution >= 0.6 is 0 Å². The zero-order valence-electron chi connectivity index (χ0n) is 10.7. The minimum atomic E-state index is 0.0985. The van der Waals surface area contributed by atoms with Gasteiger partial charge in [-0.3, -0.25) is 9.78 Å². The highest BCUT2D eigenvalue weighted by Gasteiger charge is 2.09. The smallest absolute Gasteiger partial charge is 0.160 e. The van der Waals surface area contributed by atoms with Crippen LogP contribution in [0.2, 0.25) is 0 Å². The van der Waals surface area contributed by atoms with E-state index in [-0.39, 0.29) is 5.78 Å². The summed E-state index contributed by atoms with van der Waals surface area (Å²) in [6, 6.07) is 8.05. The van der Waals surface area contributed by atoms with Crippen molar-refractivity contribution >= 4 is 16.7 Å². The Hall–Kier alpha value is -1.70. The second kappa shape index (κ2) is 4.28. The molecule has 0 unspecified atom stereocenters. The van der Waals surface area contributed by atoms with Crippen molar-refractivity contribution in [1.29, 1.82) is 0 Å². The number of carbonyl (C=O) groups is 1. The molecule has 1 heterocycles. The van der Waals surface area contributed by atoms with Crippen LogP contribution < -0.4 is 0 Å². The first-order chi connectivity index (χ1) is 7.99. The number of hydrogen-bond donors (Lipinski definition) is 0.